The Morgan fingerprint density at radius 1 is 1.33 bits per heavy atom. The highest BCUT2D eigenvalue weighted by Gasteiger charge is 1.85. The van der Waals surface area contributed by atoms with Crippen LogP contribution in [0.5, 0.6) is 0 Å². The van der Waals surface area contributed by atoms with E-state index in [2.05, 4.69) is 21.9 Å². The Bertz CT molecular complexity index is 343. The van der Waals surface area contributed by atoms with Gasteiger partial charge in [-0.3, -0.25) is 0 Å². The Hall–Kier alpha value is -1.27. The number of rotatable bonds is 0. The van der Waals surface area contributed by atoms with Gasteiger partial charge >= 0.3 is 0 Å². The van der Waals surface area contributed by atoms with E-state index in [4.69, 9.17) is 0 Å². The van der Waals surface area contributed by atoms with Gasteiger partial charge in [0, 0.05) is 10.0 Å². The minimum atomic E-state index is -1.36. The van der Waals surface area contributed by atoms with E-state index in [1.54, 1.807) is 24.3 Å². The van der Waals surface area contributed by atoms with Gasteiger partial charge in [0.1, 0.15) is 5.97 Å². The Kier molecular flexibility index (Phi) is 2.89. The average molecular weight is 224 g/mol. The van der Waals surface area contributed by atoms with Crippen molar-refractivity contribution in [2.45, 2.75) is 0 Å². The number of carbonyl (C=O) groups is 1. The van der Waals surface area contributed by atoms with Gasteiger partial charge in [0.05, 0.1) is 0 Å². The molecule has 0 aliphatic heterocycles. The summed E-state index contributed by atoms with van der Waals surface area (Å²) in [6.45, 7) is 0. The SMILES string of the molecule is O=C([O-])C#Cc1ccc(Br)cc1. The van der Waals surface area contributed by atoms with Crippen molar-refractivity contribution in [3.63, 3.8) is 0 Å². The average Bonchev–Trinajstić information content (AvgIpc) is 2.03. The lowest BCUT2D eigenvalue weighted by molar-refractivity contribution is -0.295. The van der Waals surface area contributed by atoms with Gasteiger partial charge < -0.3 is 9.90 Å². The molecular formula is C9H4BrO2-. The third-order valence-corrected chi connectivity index (χ3v) is 1.68. The van der Waals surface area contributed by atoms with E-state index >= 15 is 0 Å². The first-order valence-corrected chi connectivity index (χ1v) is 3.96. The standard InChI is InChI=1S/C9H5BrO2/c10-8-4-1-7(2-5-8)3-6-9(11)12/h1-2,4-5H,(H,11,12)/p-1. The number of hydrogen-bond donors (Lipinski definition) is 0. The van der Waals surface area contributed by atoms with Crippen molar-refractivity contribution in [2.24, 2.45) is 0 Å². The molecule has 0 amide bonds. The number of aliphatic carboxylic acids is 1. The lowest BCUT2D eigenvalue weighted by atomic mass is 10.2. The number of carboxylic acid groups (broad SMARTS) is 1. The first-order chi connectivity index (χ1) is 5.68. The molecular weight excluding hydrogens is 220 g/mol. The highest BCUT2D eigenvalue weighted by Crippen LogP contribution is 2.09. The van der Waals surface area contributed by atoms with Crippen LogP contribution in [0.3, 0.4) is 0 Å². The van der Waals surface area contributed by atoms with Crippen molar-refractivity contribution < 1.29 is 9.90 Å². The van der Waals surface area contributed by atoms with E-state index < -0.39 is 5.97 Å². The Labute approximate surface area is 78.3 Å². The summed E-state index contributed by atoms with van der Waals surface area (Å²) in [6, 6.07) is 7.03. The molecule has 0 aromatic heterocycles. The molecule has 0 aliphatic carbocycles. The fourth-order valence-electron chi connectivity index (χ4n) is 0.656. The molecule has 0 N–H and O–H groups in total. The maximum atomic E-state index is 9.95. The summed E-state index contributed by atoms with van der Waals surface area (Å²) >= 11 is 3.25. The summed E-state index contributed by atoms with van der Waals surface area (Å²) < 4.78 is 0.932. The monoisotopic (exact) mass is 223 g/mol. The van der Waals surface area contributed by atoms with Crippen LogP contribution in [0.1, 0.15) is 5.56 Å². The van der Waals surface area contributed by atoms with Gasteiger partial charge in [-0.2, -0.15) is 0 Å². The predicted molar refractivity (Wildman–Crippen MR) is 46.0 cm³/mol. The second-order valence-corrected chi connectivity index (χ2v) is 2.96. The van der Waals surface area contributed by atoms with Gasteiger partial charge in [-0.25, -0.2) is 0 Å². The quantitative estimate of drug-likeness (QED) is 0.603. The third-order valence-electron chi connectivity index (χ3n) is 1.15. The molecule has 1 aromatic carbocycles. The number of benzene rings is 1. The molecule has 1 rings (SSSR count). The molecule has 0 unspecified atom stereocenters. The summed E-state index contributed by atoms with van der Waals surface area (Å²) in [4.78, 5) is 9.95. The lowest BCUT2D eigenvalue weighted by Crippen LogP contribution is -2.19. The highest BCUT2D eigenvalue weighted by atomic mass is 79.9. The van der Waals surface area contributed by atoms with Gasteiger partial charge in [-0.15, -0.1) is 0 Å². The van der Waals surface area contributed by atoms with Gasteiger partial charge in [0.2, 0.25) is 0 Å². The molecule has 1 aromatic rings. The van der Waals surface area contributed by atoms with Crippen LogP contribution in [0.4, 0.5) is 0 Å². The first-order valence-electron chi connectivity index (χ1n) is 3.17. The molecule has 12 heavy (non-hydrogen) atoms. The predicted octanol–water partition coefficient (Wildman–Crippen LogP) is 0.550. The molecule has 0 bridgehead atoms. The zero-order valence-electron chi connectivity index (χ0n) is 6.00. The molecule has 2 nitrogen and oxygen atoms in total. The largest absolute Gasteiger partial charge is 0.537 e. The van der Waals surface area contributed by atoms with Gasteiger partial charge in [0.15, 0.2) is 0 Å². The van der Waals surface area contributed by atoms with Crippen molar-refractivity contribution in [2.75, 3.05) is 0 Å². The van der Waals surface area contributed by atoms with Crippen LogP contribution in [-0.4, -0.2) is 5.97 Å². The van der Waals surface area contributed by atoms with Gasteiger partial charge in [-0.05, 0) is 30.2 Å². The minimum absolute atomic E-state index is 0.655. The Morgan fingerprint density at radius 3 is 2.42 bits per heavy atom. The van der Waals surface area contributed by atoms with E-state index in [1.807, 2.05) is 5.92 Å². The second kappa shape index (κ2) is 3.93. The number of carbonyl (C=O) groups excluding carboxylic acids is 1. The maximum absolute atomic E-state index is 9.95. The number of hydrogen-bond acceptors (Lipinski definition) is 2. The summed E-state index contributed by atoms with van der Waals surface area (Å²) in [7, 11) is 0. The number of carboxylic acids is 1. The Morgan fingerprint density at radius 2 is 1.92 bits per heavy atom. The van der Waals surface area contributed by atoms with E-state index in [0.29, 0.717) is 5.56 Å². The summed E-state index contributed by atoms with van der Waals surface area (Å²) in [6.07, 6.45) is 0. The zero-order chi connectivity index (χ0) is 8.97. The maximum Gasteiger partial charge on any atom is 0.116 e. The van der Waals surface area contributed by atoms with Crippen LogP contribution in [0.15, 0.2) is 28.7 Å². The van der Waals surface area contributed by atoms with Crippen molar-refractivity contribution in [1.82, 2.24) is 0 Å². The molecule has 0 radical (unpaired) electrons. The van der Waals surface area contributed by atoms with E-state index in [9.17, 15) is 9.90 Å². The molecule has 0 spiro atoms. The molecule has 0 atom stereocenters. The second-order valence-electron chi connectivity index (χ2n) is 2.04. The molecule has 0 aliphatic rings. The highest BCUT2D eigenvalue weighted by molar-refractivity contribution is 9.10. The van der Waals surface area contributed by atoms with Crippen LogP contribution >= 0.6 is 15.9 Å². The molecule has 60 valence electrons. The van der Waals surface area contributed by atoms with Crippen LogP contribution in [-0.2, 0) is 4.79 Å². The van der Waals surface area contributed by atoms with Gasteiger partial charge in [-0.1, -0.05) is 21.9 Å². The first kappa shape index (κ1) is 8.82. The van der Waals surface area contributed by atoms with Crippen molar-refractivity contribution in [3.8, 4) is 11.8 Å². The molecule has 0 heterocycles. The van der Waals surface area contributed by atoms with E-state index in [-0.39, 0.29) is 0 Å². The van der Waals surface area contributed by atoms with Crippen molar-refractivity contribution in [3.05, 3.63) is 34.3 Å². The fourth-order valence-corrected chi connectivity index (χ4v) is 0.921. The molecule has 3 heteroatoms. The van der Waals surface area contributed by atoms with E-state index in [1.165, 1.54) is 0 Å². The van der Waals surface area contributed by atoms with Crippen molar-refractivity contribution >= 4 is 21.9 Å². The third kappa shape index (κ3) is 2.77. The van der Waals surface area contributed by atoms with Crippen LogP contribution in [0.2, 0.25) is 0 Å². The Balaban J connectivity index is 2.86. The molecule has 0 saturated carbocycles. The smallest absolute Gasteiger partial charge is 0.116 e. The summed E-state index contributed by atoms with van der Waals surface area (Å²) in [5.74, 6) is 3.00. The minimum Gasteiger partial charge on any atom is -0.537 e. The molecule has 0 fully saturated rings. The topological polar surface area (TPSA) is 40.1 Å². The van der Waals surface area contributed by atoms with E-state index in [0.717, 1.165) is 4.47 Å². The summed E-state index contributed by atoms with van der Waals surface area (Å²) in [5.41, 5.74) is 0.655. The van der Waals surface area contributed by atoms with Crippen molar-refractivity contribution in [1.29, 1.82) is 0 Å². The van der Waals surface area contributed by atoms with Crippen LogP contribution in [0.25, 0.3) is 0 Å². The molecule has 0 saturated heterocycles. The van der Waals surface area contributed by atoms with Gasteiger partial charge in [0.25, 0.3) is 0 Å². The summed E-state index contributed by atoms with van der Waals surface area (Å²) in [5, 5.41) is 9.95. The zero-order valence-corrected chi connectivity index (χ0v) is 7.59. The van der Waals surface area contributed by atoms with Crippen LogP contribution < -0.4 is 5.11 Å². The lowest BCUT2D eigenvalue weighted by Gasteiger charge is -1.90. The van der Waals surface area contributed by atoms with Crippen LogP contribution in [0, 0.1) is 11.8 Å². The number of halogens is 1. The fraction of sp³-hybridized carbons (Fsp3) is 0. The normalized spacial score (nSPS) is 8.42.